The Morgan fingerprint density at radius 1 is 1.08 bits per heavy atom. The van der Waals surface area contributed by atoms with Crippen LogP contribution in [0.4, 0.5) is 0 Å². The largest absolute Gasteiger partial charge is 0.287 e. The van der Waals surface area contributed by atoms with Gasteiger partial charge in [-0.05, 0) is 29.7 Å². The lowest BCUT2D eigenvalue weighted by molar-refractivity contribution is 2.06. The van der Waals surface area contributed by atoms with Crippen LogP contribution < -0.4 is 9.69 Å². The van der Waals surface area contributed by atoms with Crippen molar-refractivity contribution in [2.75, 3.05) is 0 Å². The first-order valence-electron chi connectivity index (χ1n) is 3.57. The summed E-state index contributed by atoms with van der Waals surface area (Å²) in [6.07, 6.45) is 0. The van der Waals surface area contributed by atoms with Gasteiger partial charge in [0.1, 0.15) is 0 Å². The Balaban J connectivity index is 3.19. The van der Waals surface area contributed by atoms with Crippen LogP contribution in [0, 0.1) is 0 Å². The molecule has 0 atom stereocenters. The van der Waals surface area contributed by atoms with Gasteiger partial charge in [-0.15, -0.1) is 44.3 Å². The van der Waals surface area contributed by atoms with Crippen LogP contribution in [0.25, 0.3) is 0 Å². The molecule has 0 aliphatic carbocycles. The average molecular weight is 310 g/mol. The lowest BCUT2D eigenvalue weighted by atomic mass is 10.7. The van der Waals surface area contributed by atoms with Crippen LogP contribution in [0.5, 0.6) is 0 Å². The van der Waals surface area contributed by atoms with E-state index in [-0.39, 0.29) is 0 Å². The molecule has 1 aromatic heterocycles. The molecule has 0 nitrogen and oxygen atoms in total. The second-order valence-corrected chi connectivity index (χ2v) is 19.0. The van der Waals surface area contributed by atoms with Crippen LogP contribution >= 0.6 is 55.7 Å². The molecular formula is C6H8Cl4SSi2. The van der Waals surface area contributed by atoms with Crippen molar-refractivity contribution in [3.05, 3.63) is 11.4 Å². The van der Waals surface area contributed by atoms with Gasteiger partial charge in [-0.3, -0.25) is 0 Å². The molecule has 0 saturated heterocycles. The third kappa shape index (κ3) is 3.12. The first-order valence-corrected chi connectivity index (χ1v) is 13.5. The molecule has 0 radical (unpaired) electrons. The summed E-state index contributed by atoms with van der Waals surface area (Å²) in [4.78, 5) is 0. The number of hydrogen-bond donors (Lipinski definition) is 0. The van der Waals surface area contributed by atoms with Crippen molar-refractivity contribution in [3.63, 3.8) is 0 Å². The van der Waals surface area contributed by atoms with Gasteiger partial charge in [0.15, 0.2) is 0 Å². The lowest BCUT2D eigenvalue weighted by Crippen LogP contribution is -2.49. The van der Waals surface area contributed by atoms with Gasteiger partial charge < -0.3 is 0 Å². The molecule has 1 aromatic rings. The molecule has 7 heteroatoms. The van der Waals surface area contributed by atoms with Crippen molar-refractivity contribution in [2.45, 2.75) is 13.1 Å². The quantitative estimate of drug-likeness (QED) is 0.581. The number of thiophene rings is 1. The highest BCUT2D eigenvalue weighted by Gasteiger charge is 2.36. The monoisotopic (exact) mass is 308 g/mol. The Labute approximate surface area is 103 Å². The molecule has 0 aliphatic rings. The normalized spacial score (nSPS) is 13.4. The molecule has 0 spiro atoms. The summed E-state index contributed by atoms with van der Waals surface area (Å²) in [5, 5.41) is 2.91. The summed E-state index contributed by atoms with van der Waals surface area (Å²) in [5.74, 6) is 0. The van der Waals surface area contributed by atoms with Gasteiger partial charge in [-0.1, -0.05) is 0 Å². The fourth-order valence-corrected chi connectivity index (χ4v) is 9.95. The zero-order chi connectivity index (χ0) is 10.3. The fourth-order valence-electron chi connectivity index (χ4n) is 0.995. The summed E-state index contributed by atoms with van der Waals surface area (Å²) in [6, 6.07) is 1.93. The smallest absolute Gasteiger partial charge is 0.151 e. The number of hydrogen-bond acceptors (Lipinski definition) is 1. The summed E-state index contributed by atoms with van der Waals surface area (Å²) in [6.45, 7) is -0.904. The Morgan fingerprint density at radius 2 is 1.62 bits per heavy atom. The molecular weight excluding hydrogens is 302 g/mol. The Hall–Kier alpha value is 1.29. The van der Waals surface area contributed by atoms with Crippen molar-refractivity contribution >= 4 is 78.7 Å². The van der Waals surface area contributed by atoms with E-state index < -0.39 is 13.4 Å². The van der Waals surface area contributed by atoms with Crippen LogP contribution in [-0.4, -0.2) is 13.4 Å². The Bertz CT molecular complexity index is 270. The topological polar surface area (TPSA) is 0 Å². The van der Waals surface area contributed by atoms with Crippen molar-refractivity contribution in [1.82, 2.24) is 0 Å². The molecule has 0 aromatic carbocycles. The summed E-state index contributed by atoms with van der Waals surface area (Å²) >= 11 is 26.1. The second kappa shape index (κ2) is 4.04. The van der Waals surface area contributed by atoms with E-state index in [9.17, 15) is 0 Å². The first kappa shape index (κ1) is 12.4. The SMILES string of the molecule is C[Si](Cl)(Cl)c1ccsc1[Si](C)(Cl)Cl. The molecule has 0 bridgehead atoms. The molecule has 0 amide bonds. The third-order valence-electron chi connectivity index (χ3n) is 1.54. The van der Waals surface area contributed by atoms with Gasteiger partial charge in [-0.2, -0.15) is 11.3 Å². The van der Waals surface area contributed by atoms with Crippen LogP contribution in [0.3, 0.4) is 0 Å². The zero-order valence-electron chi connectivity index (χ0n) is 7.07. The number of rotatable bonds is 2. The predicted octanol–water partition coefficient (Wildman–Crippen LogP) is 3.26. The summed E-state index contributed by atoms with van der Waals surface area (Å²) < 4.78 is 0.995. The fraction of sp³-hybridized carbons (Fsp3) is 0.333. The first-order chi connectivity index (χ1) is 5.73. The minimum Gasteiger partial charge on any atom is -0.151 e. The second-order valence-electron chi connectivity index (χ2n) is 2.94. The summed E-state index contributed by atoms with van der Waals surface area (Å²) in [7, 11) is 0. The molecule has 0 N–H and O–H groups in total. The van der Waals surface area contributed by atoms with E-state index in [1.807, 2.05) is 24.5 Å². The minimum absolute atomic E-state index is 0.972. The van der Waals surface area contributed by atoms with E-state index in [2.05, 4.69) is 0 Å². The Morgan fingerprint density at radius 3 is 1.92 bits per heavy atom. The lowest BCUT2D eigenvalue weighted by Gasteiger charge is -2.16. The highest BCUT2D eigenvalue weighted by Crippen LogP contribution is 2.21. The van der Waals surface area contributed by atoms with Gasteiger partial charge in [0.2, 0.25) is 0 Å². The van der Waals surface area contributed by atoms with Crippen molar-refractivity contribution in [1.29, 1.82) is 0 Å². The highest BCUT2D eigenvalue weighted by molar-refractivity contribution is 7.60. The standard InChI is InChI=1S/C6H8Cl4SSi2/c1-12(7,8)5-3-4-11-6(5)13(2,9)10/h3-4H,1-2H3. The molecule has 0 aliphatic heterocycles. The molecule has 1 rings (SSSR count). The molecule has 13 heavy (non-hydrogen) atoms. The maximum Gasteiger partial charge on any atom is 0.287 e. The molecule has 74 valence electrons. The predicted molar refractivity (Wildman–Crippen MR) is 70.2 cm³/mol. The van der Waals surface area contributed by atoms with E-state index in [1.165, 1.54) is 0 Å². The van der Waals surface area contributed by atoms with E-state index in [0.29, 0.717) is 0 Å². The van der Waals surface area contributed by atoms with Crippen LogP contribution in [0.15, 0.2) is 11.4 Å². The maximum atomic E-state index is 6.13. The third-order valence-corrected chi connectivity index (χ3v) is 9.73. The van der Waals surface area contributed by atoms with Crippen molar-refractivity contribution < 1.29 is 0 Å². The number of halogens is 4. The highest BCUT2D eigenvalue weighted by atomic mass is 35.7. The maximum absolute atomic E-state index is 6.13. The molecule has 0 fully saturated rings. The van der Waals surface area contributed by atoms with Gasteiger partial charge >= 0.3 is 0 Å². The molecule has 0 unspecified atom stereocenters. The van der Waals surface area contributed by atoms with Crippen molar-refractivity contribution in [3.8, 4) is 0 Å². The molecule has 0 saturated carbocycles. The van der Waals surface area contributed by atoms with Crippen molar-refractivity contribution in [2.24, 2.45) is 0 Å². The van der Waals surface area contributed by atoms with Crippen LogP contribution in [-0.2, 0) is 0 Å². The van der Waals surface area contributed by atoms with E-state index in [1.54, 1.807) is 11.3 Å². The average Bonchev–Trinajstić information content (AvgIpc) is 2.27. The zero-order valence-corrected chi connectivity index (χ0v) is 12.9. The van der Waals surface area contributed by atoms with E-state index in [4.69, 9.17) is 44.3 Å². The van der Waals surface area contributed by atoms with E-state index >= 15 is 0 Å². The van der Waals surface area contributed by atoms with Gasteiger partial charge in [0, 0.05) is 4.50 Å². The minimum atomic E-state index is -2.31. The van der Waals surface area contributed by atoms with Crippen LogP contribution in [0.2, 0.25) is 13.1 Å². The Kier molecular flexibility index (Phi) is 3.84. The van der Waals surface area contributed by atoms with Gasteiger partial charge in [0.05, 0.1) is 0 Å². The van der Waals surface area contributed by atoms with E-state index in [0.717, 1.165) is 9.69 Å². The summed E-state index contributed by atoms with van der Waals surface area (Å²) in [5.41, 5.74) is 0. The van der Waals surface area contributed by atoms with Crippen LogP contribution in [0.1, 0.15) is 0 Å². The van der Waals surface area contributed by atoms with Gasteiger partial charge in [0.25, 0.3) is 13.4 Å². The molecule has 1 heterocycles. The van der Waals surface area contributed by atoms with Gasteiger partial charge in [-0.25, -0.2) is 0 Å².